The zero-order chi connectivity index (χ0) is 19.9. The maximum atomic E-state index is 12.5. The molecule has 28 heavy (non-hydrogen) atoms. The number of carbonyl (C=O) groups excluding carboxylic acids is 1. The molecule has 0 unspecified atom stereocenters. The van der Waals surface area contributed by atoms with Gasteiger partial charge in [-0.05, 0) is 73.7 Å². The second-order valence-electron chi connectivity index (χ2n) is 5.86. The Morgan fingerprint density at radius 1 is 1.18 bits per heavy atom. The quantitative estimate of drug-likeness (QED) is 0.471. The van der Waals surface area contributed by atoms with Crippen LogP contribution in [-0.4, -0.2) is 17.1 Å². The molecule has 0 bridgehead atoms. The number of aromatic nitrogens is 1. The highest BCUT2D eigenvalue weighted by Gasteiger charge is 2.11. The molecule has 2 aromatic carbocycles. The second-order valence-corrected chi connectivity index (χ2v) is 6.30. The Kier molecular flexibility index (Phi) is 6.15. The lowest BCUT2D eigenvalue weighted by Crippen LogP contribution is -2.13. The van der Waals surface area contributed by atoms with Gasteiger partial charge in [-0.25, -0.2) is 0 Å². The van der Waals surface area contributed by atoms with Crippen molar-refractivity contribution in [2.24, 2.45) is 0 Å². The Hall–Kier alpha value is -3.49. The second kappa shape index (κ2) is 8.94. The predicted molar refractivity (Wildman–Crippen MR) is 111 cm³/mol. The van der Waals surface area contributed by atoms with Gasteiger partial charge in [-0.3, -0.25) is 4.79 Å². The van der Waals surface area contributed by atoms with E-state index in [1.165, 1.54) is 0 Å². The molecule has 1 heterocycles. The van der Waals surface area contributed by atoms with E-state index in [0.29, 0.717) is 23.0 Å². The lowest BCUT2D eigenvalue weighted by atomic mass is 10.2. The molecule has 3 rings (SSSR count). The highest BCUT2D eigenvalue weighted by atomic mass is 35.5. The molecular formula is C22H18ClN3O2. The van der Waals surface area contributed by atoms with E-state index < -0.39 is 5.91 Å². The SMILES string of the molecule is CCOc1ccc(NC(=O)/C(C#N)=C\c2cccn2-c2ccc(Cl)cc2)cc1. The first kappa shape index (κ1) is 19.3. The van der Waals surface area contributed by atoms with Crippen molar-refractivity contribution in [2.45, 2.75) is 6.92 Å². The fourth-order valence-corrected chi connectivity index (χ4v) is 2.77. The smallest absolute Gasteiger partial charge is 0.266 e. The van der Waals surface area contributed by atoms with Crippen LogP contribution in [0.25, 0.3) is 11.8 Å². The number of amides is 1. The third-order valence-electron chi connectivity index (χ3n) is 3.97. The molecule has 3 aromatic rings. The van der Waals surface area contributed by atoms with E-state index in [1.54, 1.807) is 42.5 Å². The fourth-order valence-electron chi connectivity index (χ4n) is 2.64. The average Bonchev–Trinajstić information content (AvgIpc) is 3.16. The number of nitrogens with one attached hydrogen (secondary N) is 1. The maximum absolute atomic E-state index is 12.5. The molecule has 0 aliphatic rings. The van der Waals surface area contributed by atoms with E-state index in [-0.39, 0.29) is 5.57 Å². The number of nitriles is 1. The van der Waals surface area contributed by atoms with Crippen LogP contribution in [-0.2, 0) is 4.79 Å². The zero-order valence-corrected chi connectivity index (χ0v) is 16.0. The molecule has 0 spiro atoms. The van der Waals surface area contributed by atoms with E-state index in [1.807, 2.05) is 48.0 Å². The minimum absolute atomic E-state index is 0.00259. The summed E-state index contributed by atoms with van der Waals surface area (Å²) in [6, 6.07) is 19.9. The molecule has 1 aromatic heterocycles. The summed E-state index contributed by atoms with van der Waals surface area (Å²) in [5.74, 6) is 0.243. The first-order chi connectivity index (χ1) is 13.6. The van der Waals surface area contributed by atoms with Crippen molar-refractivity contribution >= 4 is 29.3 Å². The number of benzene rings is 2. The van der Waals surface area contributed by atoms with Crippen molar-refractivity contribution in [2.75, 3.05) is 11.9 Å². The molecule has 6 heteroatoms. The monoisotopic (exact) mass is 391 g/mol. The van der Waals surface area contributed by atoms with Crippen LogP contribution in [0.5, 0.6) is 5.75 Å². The standard InChI is InChI=1S/C22H18ClN3O2/c1-2-28-21-11-7-18(8-12-21)25-22(27)16(15-24)14-20-4-3-13-26(20)19-9-5-17(23)6-10-19/h3-14H,2H2,1H3,(H,25,27)/b16-14-. The summed E-state index contributed by atoms with van der Waals surface area (Å²) in [5.41, 5.74) is 2.18. The summed E-state index contributed by atoms with van der Waals surface area (Å²) in [6.45, 7) is 2.47. The fraction of sp³-hybridized carbons (Fsp3) is 0.0909. The lowest BCUT2D eigenvalue weighted by molar-refractivity contribution is -0.112. The van der Waals surface area contributed by atoms with Crippen LogP contribution < -0.4 is 10.1 Å². The van der Waals surface area contributed by atoms with Gasteiger partial charge in [0.1, 0.15) is 17.4 Å². The number of anilines is 1. The van der Waals surface area contributed by atoms with Gasteiger partial charge in [0.05, 0.1) is 6.61 Å². The Bertz CT molecular complexity index is 1030. The summed E-state index contributed by atoms with van der Waals surface area (Å²) in [7, 11) is 0. The number of carbonyl (C=O) groups is 1. The molecule has 140 valence electrons. The van der Waals surface area contributed by atoms with Crippen molar-refractivity contribution in [3.63, 3.8) is 0 Å². The summed E-state index contributed by atoms with van der Waals surface area (Å²) in [4.78, 5) is 12.5. The van der Waals surface area contributed by atoms with Crippen molar-refractivity contribution in [1.82, 2.24) is 4.57 Å². The van der Waals surface area contributed by atoms with Crippen molar-refractivity contribution < 1.29 is 9.53 Å². The van der Waals surface area contributed by atoms with Crippen LogP contribution >= 0.6 is 11.6 Å². The van der Waals surface area contributed by atoms with Gasteiger partial charge in [-0.1, -0.05) is 11.6 Å². The summed E-state index contributed by atoms with van der Waals surface area (Å²) in [5, 5.41) is 12.8. The van der Waals surface area contributed by atoms with Crippen LogP contribution in [0.1, 0.15) is 12.6 Å². The molecule has 0 aliphatic carbocycles. The minimum Gasteiger partial charge on any atom is -0.494 e. The number of rotatable bonds is 6. The van der Waals surface area contributed by atoms with Crippen LogP contribution in [0, 0.1) is 11.3 Å². The van der Waals surface area contributed by atoms with E-state index in [4.69, 9.17) is 16.3 Å². The number of nitrogens with zero attached hydrogens (tertiary/aromatic N) is 2. The molecule has 0 radical (unpaired) electrons. The van der Waals surface area contributed by atoms with Crippen molar-refractivity contribution in [3.8, 4) is 17.5 Å². The highest BCUT2D eigenvalue weighted by molar-refractivity contribution is 6.30. The minimum atomic E-state index is -0.476. The van der Waals surface area contributed by atoms with Gasteiger partial charge in [-0.2, -0.15) is 5.26 Å². The number of hydrogen-bond donors (Lipinski definition) is 1. The highest BCUT2D eigenvalue weighted by Crippen LogP contribution is 2.19. The molecule has 1 amide bonds. The molecule has 0 saturated heterocycles. The summed E-state index contributed by atoms with van der Waals surface area (Å²) >= 11 is 5.94. The Labute approximate surface area is 168 Å². The number of ether oxygens (including phenoxy) is 1. The van der Waals surface area contributed by atoms with Crippen LogP contribution in [0.15, 0.2) is 72.4 Å². The molecule has 5 nitrogen and oxygen atoms in total. The van der Waals surface area contributed by atoms with E-state index in [0.717, 1.165) is 11.4 Å². The largest absolute Gasteiger partial charge is 0.494 e. The molecule has 0 saturated carbocycles. The molecule has 1 N–H and O–H groups in total. The average molecular weight is 392 g/mol. The normalized spacial score (nSPS) is 11.0. The van der Waals surface area contributed by atoms with Crippen molar-refractivity contribution in [3.05, 3.63) is 83.2 Å². The van der Waals surface area contributed by atoms with Gasteiger partial charge in [0.15, 0.2) is 0 Å². The van der Waals surface area contributed by atoms with Gasteiger partial charge in [-0.15, -0.1) is 0 Å². The van der Waals surface area contributed by atoms with Crippen LogP contribution in [0.3, 0.4) is 0 Å². The zero-order valence-electron chi connectivity index (χ0n) is 15.2. The first-order valence-corrected chi connectivity index (χ1v) is 9.08. The van der Waals surface area contributed by atoms with Crippen LogP contribution in [0.2, 0.25) is 5.02 Å². The van der Waals surface area contributed by atoms with E-state index >= 15 is 0 Å². The molecule has 0 aliphatic heterocycles. The number of halogens is 1. The van der Waals surface area contributed by atoms with Crippen LogP contribution in [0.4, 0.5) is 5.69 Å². The van der Waals surface area contributed by atoms with E-state index in [9.17, 15) is 10.1 Å². The molecule has 0 fully saturated rings. The van der Waals surface area contributed by atoms with Gasteiger partial charge in [0.2, 0.25) is 0 Å². The maximum Gasteiger partial charge on any atom is 0.266 e. The molecule has 0 atom stereocenters. The third-order valence-corrected chi connectivity index (χ3v) is 4.22. The Balaban J connectivity index is 1.80. The van der Waals surface area contributed by atoms with Gasteiger partial charge < -0.3 is 14.6 Å². The third kappa shape index (κ3) is 4.61. The number of hydrogen-bond acceptors (Lipinski definition) is 3. The Morgan fingerprint density at radius 2 is 1.89 bits per heavy atom. The van der Waals surface area contributed by atoms with Crippen molar-refractivity contribution in [1.29, 1.82) is 5.26 Å². The van der Waals surface area contributed by atoms with Gasteiger partial charge in [0, 0.05) is 28.3 Å². The van der Waals surface area contributed by atoms with Gasteiger partial charge >= 0.3 is 0 Å². The van der Waals surface area contributed by atoms with Gasteiger partial charge in [0.25, 0.3) is 5.91 Å². The molecular weight excluding hydrogens is 374 g/mol. The van der Waals surface area contributed by atoms with E-state index in [2.05, 4.69) is 5.32 Å². The lowest BCUT2D eigenvalue weighted by Gasteiger charge is -2.08. The summed E-state index contributed by atoms with van der Waals surface area (Å²) in [6.07, 6.45) is 3.41. The first-order valence-electron chi connectivity index (χ1n) is 8.70. The Morgan fingerprint density at radius 3 is 2.54 bits per heavy atom. The summed E-state index contributed by atoms with van der Waals surface area (Å²) < 4.78 is 7.25. The topological polar surface area (TPSA) is 67.0 Å². The predicted octanol–water partition coefficient (Wildman–Crippen LogP) is 5.08.